The Kier molecular flexibility index (Phi) is 1.78. The largest absolute Gasteiger partial charge is 0.508 e. The van der Waals surface area contributed by atoms with Gasteiger partial charge in [-0.05, 0) is 24.3 Å². The van der Waals surface area contributed by atoms with Gasteiger partial charge in [0.25, 0.3) is 5.91 Å². The third-order valence-corrected chi connectivity index (χ3v) is 1.79. The number of nitrogens with one attached hydrogen (secondary N) is 1. The zero-order valence-corrected chi connectivity index (χ0v) is 7.02. The maximum absolute atomic E-state index is 11.1. The quantitative estimate of drug-likeness (QED) is 0.674. The van der Waals surface area contributed by atoms with Crippen molar-refractivity contribution in [3.8, 4) is 5.75 Å². The van der Waals surface area contributed by atoms with Gasteiger partial charge >= 0.3 is 6.03 Å². The predicted molar refractivity (Wildman–Crippen MR) is 48.2 cm³/mol. The van der Waals surface area contributed by atoms with Crippen molar-refractivity contribution in [1.82, 2.24) is 5.32 Å². The number of carbonyl (C=O) groups is 2. The average molecular weight is 190 g/mol. The molecule has 0 aliphatic carbocycles. The number of hydrogen-bond acceptors (Lipinski definition) is 3. The fraction of sp³-hybridized carbons (Fsp3) is 0. The summed E-state index contributed by atoms with van der Waals surface area (Å²) in [5.74, 6) is -0.417. The first kappa shape index (κ1) is 8.43. The molecule has 5 nitrogen and oxygen atoms in total. The number of aromatic hydroxyl groups is 1. The molecule has 0 saturated carbocycles. The number of carbonyl (C=O) groups excluding carboxylic acids is 2. The molecule has 0 saturated heterocycles. The molecule has 0 radical (unpaired) electrons. The third-order valence-electron chi connectivity index (χ3n) is 1.79. The summed E-state index contributed by atoms with van der Waals surface area (Å²) >= 11 is 0. The molecule has 0 bridgehead atoms. The van der Waals surface area contributed by atoms with E-state index in [9.17, 15) is 9.59 Å². The molecule has 5 heteroatoms. The summed E-state index contributed by atoms with van der Waals surface area (Å²) in [6, 6.07) is 5.23. The fourth-order valence-electron chi connectivity index (χ4n) is 1.15. The van der Waals surface area contributed by atoms with Crippen LogP contribution >= 0.6 is 0 Å². The van der Waals surface area contributed by atoms with Gasteiger partial charge in [-0.1, -0.05) is 0 Å². The van der Waals surface area contributed by atoms with Crippen molar-refractivity contribution in [1.29, 1.82) is 0 Å². The normalized spacial score (nSPS) is 15.3. The highest BCUT2D eigenvalue weighted by Gasteiger charge is 2.23. The SMILES string of the molecule is O=C1N=C(c2ccc(O)cc2)C(=O)N1. The number of nitrogens with zero attached hydrogens (tertiary/aromatic N) is 1. The van der Waals surface area contributed by atoms with E-state index >= 15 is 0 Å². The van der Waals surface area contributed by atoms with Crippen molar-refractivity contribution in [3.05, 3.63) is 29.8 Å². The summed E-state index contributed by atoms with van der Waals surface area (Å²) < 4.78 is 0. The number of rotatable bonds is 1. The Morgan fingerprint density at radius 1 is 1.14 bits per heavy atom. The molecule has 2 rings (SSSR count). The van der Waals surface area contributed by atoms with Crippen LogP contribution in [0.15, 0.2) is 29.3 Å². The molecule has 0 spiro atoms. The molecule has 0 atom stereocenters. The number of phenols is 1. The molecule has 2 N–H and O–H groups in total. The molecule has 0 fully saturated rings. The van der Waals surface area contributed by atoms with Gasteiger partial charge in [0.1, 0.15) is 11.5 Å². The van der Waals surface area contributed by atoms with Crippen molar-refractivity contribution in [2.75, 3.05) is 0 Å². The highest BCUT2D eigenvalue weighted by atomic mass is 16.3. The van der Waals surface area contributed by atoms with Crippen LogP contribution in [0.1, 0.15) is 5.56 Å². The number of amides is 3. The minimum absolute atomic E-state index is 0.0787. The van der Waals surface area contributed by atoms with Crippen LogP contribution in [-0.4, -0.2) is 22.8 Å². The van der Waals surface area contributed by atoms with Crippen molar-refractivity contribution in [3.63, 3.8) is 0 Å². The molecule has 70 valence electrons. The first-order valence-corrected chi connectivity index (χ1v) is 3.90. The van der Waals surface area contributed by atoms with Gasteiger partial charge in [-0.2, -0.15) is 4.99 Å². The fourth-order valence-corrected chi connectivity index (χ4v) is 1.15. The Labute approximate surface area is 79.1 Å². The predicted octanol–water partition coefficient (Wildman–Crippen LogP) is 0.431. The van der Waals surface area contributed by atoms with Gasteiger partial charge in [0.2, 0.25) is 0 Å². The highest BCUT2D eigenvalue weighted by molar-refractivity contribution is 6.51. The number of benzene rings is 1. The van der Waals surface area contributed by atoms with E-state index < -0.39 is 11.9 Å². The van der Waals surface area contributed by atoms with Crippen molar-refractivity contribution < 1.29 is 14.7 Å². The molecule has 1 aliphatic heterocycles. The lowest BCUT2D eigenvalue weighted by atomic mass is 10.1. The Bertz CT molecular complexity index is 434. The number of imide groups is 1. The minimum Gasteiger partial charge on any atom is -0.508 e. The first-order chi connectivity index (χ1) is 6.66. The topological polar surface area (TPSA) is 78.8 Å². The second-order valence-electron chi connectivity index (χ2n) is 2.77. The molecule has 1 aliphatic rings. The number of phenolic OH excluding ortho intramolecular Hbond substituents is 1. The lowest BCUT2D eigenvalue weighted by Crippen LogP contribution is -2.25. The van der Waals surface area contributed by atoms with Crippen LogP contribution in [-0.2, 0) is 4.79 Å². The van der Waals surface area contributed by atoms with Crippen LogP contribution in [0.25, 0.3) is 0 Å². The number of aliphatic imine (C=N–C) groups is 1. The zero-order valence-electron chi connectivity index (χ0n) is 7.02. The molecule has 14 heavy (non-hydrogen) atoms. The van der Waals surface area contributed by atoms with E-state index in [-0.39, 0.29) is 11.5 Å². The zero-order chi connectivity index (χ0) is 10.1. The van der Waals surface area contributed by atoms with Crippen LogP contribution in [0.4, 0.5) is 4.79 Å². The monoisotopic (exact) mass is 190 g/mol. The second kappa shape index (κ2) is 2.95. The molecule has 3 amide bonds. The molecule has 0 unspecified atom stereocenters. The molecular formula is C9H6N2O3. The Morgan fingerprint density at radius 2 is 1.79 bits per heavy atom. The molecule has 1 heterocycles. The van der Waals surface area contributed by atoms with Gasteiger partial charge in [0.05, 0.1) is 0 Å². The van der Waals surface area contributed by atoms with Gasteiger partial charge in [-0.15, -0.1) is 0 Å². The first-order valence-electron chi connectivity index (χ1n) is 3.90. The van der Waals surface area contributed by atoms with Gasteiger partial charge in [-0.25, -0.2) is 4.79 Å². The van der Waals surface area contributed by atoms with Crippen molar-refractivity contribution in [2.24, 2.45) is 4.99 Å². The Hall–Kier alpha value is -2.17. The van der Waals surface area contributed by atoms with Crippen LogP contribution in [0.3, 0.4) is 0 Å². The second-order valence-corrected chi connectivity index (χ2v) is 2.77. The van der Waals surface area contributed by atoms with E-state index in [2.05, 4.69) is 4.99 Å². The summed E-state index contributed by atoms with van der Waals surface area (Å²) in [6.07, 6.45) is 0. The van der Waals surface area contributed by atoms with Gasteiger partial charge in [0, 0.05) is 5.56 Å². The van der Waals surface area contributed by atoms with E-state index in [0.29, 0.717) is 5.56 Å². The van der Waals surface area contributed by atoms with Crippen LogP contribution in [0, 0.1) is 0 Å². The summed E-state index contributed by atoms with van der Waals surface area (Å²) in [5.41, 5.74) is 0.584. The molecular weight excluding hydrogens is 184 g/mol. The van der Waals surface area contributed by atoms with Crippen molar-refractivity contribution >= 4 is 17.6 Å². The summed E-state index contributed by atoms with van der Waals surface area (Å²) in [7, 11) is 0. The van der Waals surface area contributed by atoms with Crippen LogP contribution in [0.5, 0.6) is 5.75 Å². The van der Waals surface area contributed by atoms with Gasteiger partial charge in [0.15, 0.2) is 0 Å². The smallest absolute Gasteiger partial charge is 0.348 e. The highest BCUT2D eigenvalue weighted by Crippen LogP contribution is 2.12. The van der Waals surface area contributed by atoms with Gasteiger partial charge < -0.3 is 5.11 Å². The summed E-state index contributed by atoms with van der Waals surface area (Å²) in [5, 5.41) is 11.0. The van der Waals surface area contributed by atoms with E-state index in [1.807, 2.05) is 5.32 Å². The maximum Gasteiger partial charge on any atom is 0.348 e. The minimum atomic E-state index is -0.655. The standard InChI is InChI=1S/C9H6N2O3/c12-6-3-1-5(2-4-6)7-8(13)11-9(14)10-7/h1-4,12H,(H,11,13,14). The summed E-state index contributed by atoms with van der Waals surface area (Å²) in [6.45, 7) is 0. The average Bonchev–Trinajstić information content (AvgIpc) is 2.47. The van der Waals surface area contributed by atoms with E-state index in [1.54, 1.807) is 0 Å². The molecule has 0 aromatic heterocycles. The van der Waals surface area contributed by atoms with E-state index in [4.69, 9.17) is 5.11 Å². The Morgan fingerprint density at radius 3 is 2.29 bits per heavy atom. The lowest BCUT2D eigenvalue weighted by molar-refractivity contribution is -0.113. The van der Waals surface area contributed by atoms with E-state index in [0.717, 1.165) is 0 Å². The molecule has 1 aromatic carbocycles. The number of hydrogen-bond donors (Lipinski definition) is 2. The van der Waals surface area contributed by atoms with Gasteiger partial charge in [-0.3, -0.25) is 10.1 Å². The third kappa shape index (κ3) is 1.35. The summed E-state index contributed by atoms with van der Waals surface area (Å²) in [4.78, 5) is 25.4. The number of urea groups is 1. The maximum atomic E-state index is 11.1. The van der Waals surface area contributed by atoms with Crippen LogP contribution < -0.4 is 5.32 Å². The van der Waals surface area contributed by atoms with Crippen molar-refractivity contribution in [2.45, 2.75) is 0 Å². The molecule has 1 aromatic rings. The van der Waals surface area contributed by atoms with E-state index in [1.165, 1.54) is 24.3 Å². The Balaban J connectivity index is 2.41. The lowest BCUT2D eigenvalue weighted by Gasteiger charge is -1.97. The van der Waals surface area contributed by atoms with Crippen LogP contribution in [0.2, 0.25) is 0 Å².